The number of hydrazine groups is 1. The molecule has 33 heavy (non-hydrogen) atoms. The maximum Gasteiger partial charge on any atom is 0.311 e. The van der Waals surface area contributed by atoms with E-state index in [0.717, 1.165) is 10.6 Å². The predicted octanol–water partition coefficient (Wildman–Crippen LogP) is 1.69. The average Bonchev–Trinajstić information content (AvgIpc) is 3.18. The van der Waals surface area contributed by atoms with Crippen molar-refractivity contribution in [2.75, 3.05) is 32.7 Å². The zero-order valence-electron chi connectivity index (χ0n) is 18.5. The van der Waals surface area contributed by atoms with E-state index in [4.69, 9.17) is 14.2 Å². The van der Waals surface area contributed by atoms with Crippen LogP contribution in [0.25, 0.3) is 0 Å². The number of esters is 1. The van der Waals surface area contributed by atoms with E-state index >= 15 is 0 Å². The number of methoxy groups -OCH3 is 2. The highest BCUT2D eigenvalue weighted by atomic mass is 16.5. The van der Waals surface area contributed by atoms with Crippen LogP contribution >= 0.6 is 0 Å². The molecule has 174 valence electrons. The highest BCUT2D eigenvalue weighted by Gasteiger charge is 2.37. The lowest BCUT2D eigenvalue weighted by Gasteiger charge is -2.19. The van der Waals surface area contributed by atoms with Gasteiger partial charge in [-0.3, -0.25) is 29.6 Å². The molecule has 1 fully saturated rings. The number of nitrogens with zero attached hydrogens (tertiary/aromatic N) is 1. The van der Waals surface area contributed by atoms with Crippen LogP contribution < -0.4 is 20.2 Å². The van der Waals surface area contributed by atoms with E-state index in [1.165, 1.54) is 14.2 Å². The number of anilines is 1. The van der Waals surface area contributed by atoms with E-state index in [1.807, 2.05) is 19.1 Å². The van der Waals surface area contributed by atoms with Crippen molar-refractivity contribution in [1.82, 2.24) is 10.4 Å². The Hall–Kier alpha value is -4.08. The third-order valence-electron chi connectivity index (χ3n) is 5.03. The van der Waals surface area contributed by atoms with Crippen molar-refractivity contribution in [3.63, 3.8) is 0 Å². The molecule has 10 heteroatoms. The molecule has 10 nitrogen and oxygen atoms in total. The molecule has 0 spiro atoms. The number of hydrogen-bond acceptors (Lipinski definition) is 7. The molecule has 3 amide bonds. The maximum absolute atomic E-state index is 12.8. The van der Waals surface area contributed by atoms with Gasteiger partial charge in [0.2, 0.25) is 5.91 Å². The van der Waals surface area contributed by atoms with Crippen molar-refractivity contribution in [3.8, 4) is 11.5 Å². The fourth-order valence-corrected chi connectivity index (χ4v) is 3.32. The van der Waals surface area contributed by atoms with E-state index in [0.29, 0.717) is 5.69 Å². The third-order valence-corrected chi connectivity index (χ3v) is 5.03. The van der Waals surface area contributed by atoms with Crippen molar-refractivity contribution in [3.05, 3.63) is 53.6 Å². The molecule has 2 N–H and O–H groups in total. The fourth-order valence-electron chi connectivity index (χ4n) is 3.32. The van der Waals surface area contributed by atoms with Gasteiger partial charge < -0.3 is 19.5 Å². The van der Waals surface area contributed by atoms with Gasteiger partial charge in [0.1, 0.15) is 17.1 Å². The van der Waals surface area contributed by atoms with Gasteiger partial charge in [0, 0.05) is 12.1 Å². The normalized spacial score (nSPS) is 15.1. The molecule has 0 radical (unpaired) electrons. The Morgan fingerprint density at radius 2 is 1.67 bits per heavy atom. The predicted molar refractivity (Wildman–Crippen MR) is 118 cm³/mol. The average molecular weight is 455 g/mol. The molecule has 3 rings (SSSR count). The molecule has 1 saturated heterocycles. The molecule has 0 saturated carbocycles. The molecule has 1 heterocycles. The summed E-state index contributed by atoms with van der Waals surface area (Å²) in [5.74, 6) is -2.54. The molecular formula is C23H25N3O7. The van der Waals surface area contributed by atoms with Crippen molar-refractivity contribution in [1.29, 1.82) is 0 Å². The topological polar surface area (TPSA) is 123 Å². The second-order valence-electron chi connectivity index (χ2n) is 7.41. The lowest BCUT2D eigenvalue weighted by molar-refractivity contribution is -0.151. The van der Waals surface area contributed by atoms with E-state index in [-0.39, 0.29) is 30.0 Å². The standard InChI is InChI=1S/C23H25N3O7/c1-14-7-9-16(10-8-14)24-19(27)13-33-23(30)15-11-20(28)26(12-15)25-22(29)21-17(31-2)5-4-6-18(21)32-3/h4-10,15H,11-13H2,1-3H3,(H,24,27)(H,25,29)/t15-/m0/s1. The monoisotopic (exact) mass is 455 g/mol. The third kappa shape index (κ3) is 5.79. The molecule has 2 aromatic carbocycles. The van der Waals surface area contributed by atoms with Gasteiger partial charge in [-0.05, 0) is 31.2 Å². The van der Waals surface area contributed by atoms with Crippen LogP contribution in [-0.2, 0) is 19.1 Å². The fraction of sp³-hybridized carbons (Fsp3) is 0.304. The van der Waals surface area contributed by atoms with Gasteiger partial charge >= 0.3 is 5.97 Å². The lowest BCUT2D eigenvalue weighted by Crippen LogP contribution is -2.43. The van der Waals surface area contributed by atoms with Crippen LogP contribution in [-0.4, -0.2) is 56.1 Å². The van der Waals surface area contributed by atoms with Crippen LogP contribution in [0.3, 0.4) is 0 Å². The smallest absolute Gasteiger partial charge is 0.311 e. The number of aryl methyl sites for hydroxylation is 1. The van der Waals surface area contributed by atoms with Crippen LogP contribution in [0.15, 0.2) is 42.5 Å². The quantitative estimate of drug-likeness (QED) is 0.581. The van der Waals surface area contributed by atoms with Gasteiger partial charge in [0.05, 0.1) is 26.7 Å². The van der Waals surface area contributed by atoms with E-state index in [9.17, 15) is 19.2 Å². The molecule has 0 unspecified atom stereocenters. The molecule has 1 atom stereocenters. The van der Waals surface area contributed by atoms with E-state index in [2.05, 4.69) is 10.7 Å². The first kappa shape index (κ1) is 23.6. The number of hydrogen-bond donors (Lipinski definition) is 2. The zero-order valence-corrected chi connectivity index (χ0v) is 18.5. The number of benzene rings is 2. The Morgan fingerprint density at radius 1 is 1.03 bits per heavy atom. The maximum atomic E-state index is 12.8. The van der Waals surface area contributed by atoms with Crippen molar-refractivity contribution in [2.45, 2.75) is 13.3 Å². The van der Waals surface area contributed by atoms with E-state index in [1.54, 1.807) is 30.3 Å². The van der Waals surface area contributed by atoms with Crippen LogP contribution in [0.4, 0.5) is 5.69 Å². The first-order valence-corrected chi connectivity index (χ1v) is 10.2. The largest absolute Gasteiger partial charge is 0.496 e. The second kappa shape index (κ2) is 10.5. The van der Waals surface area contributed by atoms with Gasteiger partial charge in [0.15, 0.2) is 6.61 Å². The number of carbonyl (C=O) groups is 4. The highest BCUT2D eigenvalue weighted by Crippen LogP contribution is 2.28. The number of nitrogens with one attached hydrogen (secondary N) is 2. The Balaban J connectivity index is 1.54. The molecule has 0 aromatic heterocycles. The van der Waals surface area contributed by atoms with E-state index < -0.39 is 36.2 Å². The molecule has 0 bridgehead atoms. The summed E-state index contributed by atoms with van der Waals surface area (Å²) in [5.41, 5.74) is 4.23. The van der Waals surface area contributed by atoms with Crippen molar-refractivity contribution in [2.24, 2.45) is 5.92 Å². The number of amides is 3. The van der Waals surface area contributed by atoms with Crippen LogP contribution in [0.2, 0.25) is 0 Å². The molecule has 1 aliphatic heterocycles. The minimum Gasteiger partial charge on any atom is -0.496 e. The Bertz CT molecular complexity index is 1030. The Morgan fingerprint density at radius 3 is 2.27 bits per heavy atom. The molecule has 2 aromatic rings. The van der Waals surface area contributed by atoms with Crippen molar-refractivity contribution < 1.29 is 33.4 Å². The SMILES string of the molecule is COc1cccc(OC)c1C(=O)NN1C[C@@H](C(=O)OCC(=O)Nc2ccc(C)cc2)CC1=O. The Kier molecular flexibility index (Phi) is 7.50. The van der Waals surface area contributed by atoms with Crippen LogP contribution in [0.1, 0.15) is 22.3 Å². The summed E-state index contributed by atoms with van der Waals surface area (Å²) in [5, 5.41) is 3.67. The first-order valence-electron chi connectivity index (χ1n) is 10.2. The zero-order chi connectivity index (χ0) is 24.0. The first-order chi connectivity index (χ1) is 15.8. The summed E-state index contributed by atoms with van der Waals surface area (Å²) in [6, 6.07) is 12.0. The van der Waals surface area contributed by atoms with Gasteiger partial charge in [-0.1, -0.05) is 23.8 Å². The minimum absolute atomic E-state index is 0.0829. The van der Waals surface area contributed by atoms with Gasteiger partial charge in [0.25, 0.3) is 11.8 Å². The summed E-state index contributed by atoms with van der Waals surface area (Å²) < 4.78 is 15.5. The minimum atomic E-state index is -0.815. The lowest BCUT2D eigenvalue weighted by atomic mass is 10.1. The van der Waals surface area contributed by atoms with Crippen LogP contribution in [0, 0.1) is 12.8 Å². The number of rotatable bonds is 8. The summed E-state index contributed by atoms with van der Waals surface area (Å²) in [4.78, 5) is 49.5. The van der Waals surface area contributed by atoms with Gasteiger partial charge in [-0.15, -0.1) is 0 Å². The van der Waals surface area contributed by atoms with Crippen molar-refractivity contribution >= 4 is 29.4 Å². The summed E-state index contributed by atoms with van der Waals surface area (Å²) in [6.07, 6.45) is -0.151. The van der Waals surface area contributed by atoms with Gasteiger partial charge in [-0.2, -0.15) is 0 Å². The summed E-state index contributed by atoms with van der Waals surface area (Å²) in [7, 11) is 2.82. The molecule has 1 aliphatic rings. The van der Waals surface area contributed by atoms with Gasteiger partial charge in [-0.25, -0.2) is 0 Å². The summed E-state index contributed by atoms with van der Waals surface area (Å²) >= 11 is 0. The highest BCUT2D eigenvalue weighted by molar-refractivity contribution is 6.01. The molecular weight excluding hydrogens is 430 g/mol. The second-order valence-corrected chi connectivity index (χ2v) is 7.41. The number of carbonyl (C=O) groups excluding carboxylic acids is 4. The Labute approximate surface area is 190 Å². The summed E-state index contributed by atoms with van der Waals surface area (Å²) in [6.45, 7) is 1.36. The molecule has 0 aliphatic carbocycles. The van der Waals surface area contributed by atoms with Crippen LogP contribution in [0.5, 0.6) is 11.5 Å². The number of ether oxygens (including phenoxy) is 3.